The van der Waals surface area contributed by atoms with Crippen molar-refractivity contribution >= 4 is 51.0 Å². The first-order chi connectivity index (χ1) is 13.5. The van der Waals surface area contributed by atoms with Gasteiger partial charge in [0.25, 0.3) is 10.0 Å². The molecule has 1 fully saturated rings. The molecule has 1 N–H and O–H groups in total. The third-order valence-electron chi connectivity index (χ3n) is 4.91. The highest BCUT2D eigenvalue weighted by Gasteiger charge is 2.23. The summed E-state index contributed by atoms with van der Waals surface area (Å²) in [6, 6.07) is 11.2. The van der Waals surface area contributed by atoms with Gasteiger partial charge in [-0.05, 0) is 73.2 Å². The highest BCUT2D eigenvalue weighted by molar-refractivity contribution is 7.94. The van der Waals surface area contributed by atoms with Crippen LogP contribution in [0.25, 0.3) is 10.6 Å². The van der Waals surface area contributed by atoms with Crippen molar-refractivity contribution in [1.82, 2.24) is 14.5 Å². The van der Waals surface area contributed by atoms with Crippen molar-refractivity contribution in [2.45, 2.75) is 29.9 Å². The number of nitrogens with one attached hydrogen (secondary N) is 1. The molecule has 0 bridgehead atoms. The van der Waals surface area contributed by atoms with E-state index < -0.39 is 10.0 Å². The Labute approximate surface area is 185 Å². The van der Waals surface area contributed by atoms with Crippen LogP contribution in [-0.4, -0.2) is 42.5 Å². The van der Waals surface area contributed by atoms with E-state index in [1.165, 1.54) is 34.9 Å². The van der Waals surface area contributed by atoms with Crippen LogP contribution in [0.15, 0.2) is 46.0 Å². The smallest absolute Gasteiger partial charge is 0.271 e. The lowest BCUT2D eigenvalue weighted by Gasteiger charge is -2.15. The van der Waals surface area contributed by atoms with Crippen molar-refractivity contribution in [2.24, 2.45) is 0 Å². The highest BCUT2D eigenvalue weighted by Crippen LogP contribution is 2.32. The number of halogens is 1. The van der Waals surface area contributed by atoms with Crippen LogP contribution in [0.5, 0.6) is 0 Å². The fraction of sp³-hybridized carbons (Fsp3) is 0.368. The zero-order valence-electron chi connectivity index (χ0n) is 15.9. The molecule has 1 aliphatic heterocycles. The Bertz CT molecular complexity index is 1020. The van der Waals surface area contributed by atoms with Gasteiger partial charge in [0, 0.05) is 17.6 Å². The van der Waals surface area contributed by atoms with E-state index in [1.54, 1.807) is 17.5 Å². The first kappa shape index (κ1) is 22.2. The van der Waals surface area contributed by atoms with Crippen molar-refractivity contribution in [2.75, 3.05) is 24.4 Å². The van der Waals surface area contributed by atoms with E-state index in [1.807, 2.05) is 24.3 Å². The molecular weight excluding hydrogens is 448 g/mol. The summed E-state index contributed by atoms with van der Waals surface area (Å²) >= 11 is 2.44. The molecule has 4 rings (SSSR count). The number of thiophene rings is 1. The molecule has 0 amide bonds. The van der Waals surface area contributed by atoms with Crippen LogP contribution >= 0.6 is 35.3 Å². The summed E-state index contributed by atoms with van der Waals surface area (Å²) in [6.07, 6.45) is 2.34. The summed E-state index contributed by atoms with van der Waals surface area (Å²) in [5.74, 6) is 0.531. The Morgan fingerprint density at radius 1 is 1.21 bits per heavy atom. The van der Waals surface area contributed by atoms with E-state index in [9.17, 15) is 8.42 Å². The molecule has 3 heterocycles. The molecule has 1 saturated heterocycles. The number of rotatable bonds is 7. The summed E-state index contributed by atoms with van der Waals surface area (Å²) in [5, 5.41) is 5.80. The van der Waals surface area contributed by atoms with Gasteiger partial charge < -0.3 is 4.90 Å². The average molecular weight is 471 g/mol. The maximum Gasteiger partial charge on any atom is 0.271 e. The molecule has 6 nitrogen and oxygen atoms in total. The summed E-state index contributed by atoms with van der Waals surface area (Å²) < 4.78 is 32.2. The Balaban J connectivity index is 0.00000240. The monoisotopic (exact) mass is 470 g/mol. The molecule has 0 aliphatic carbocycles. The maximum atomic E-state index is 12.7. The third kappa shape index (κ3) is 5.16. The quantitative estimate of drug-likeness (QED) is 0.542. The Hall–Kier alpha value is -1.52. The average Bonchev–Trinajstić information content (AvgIpc) is 3.43. The lowest BCUT2D eigenvalue weighted by atomic mass is 9.98. The number of hydrogen-bond donors (Lipinski definition) is 1. The van der Waals surface area contributed by atoms with Crippen LogP contribution in [0, 0.1) is 0 Å². The van der Waals surface area contributed by atoms with Gasteiger partial charge in [-0.25, -0.2) is 8.42 Å². The number of anilines is 1. The largest absolute Gasteiger partial charge is 0.303 e. The topological polar surface area (TPSA) is 75.2 Å². The fourth-order valence-electron chi connectivity index (χ4n) is 3.53. The fourth-order valence-corrected chi connectivity index (χ4v) is 6.38. The van der Waals surface area contributed by atoms with Gasteiger partial charge in [0.2, 0.25) is 0 Å². The molecular formula is C19H23ClN4O2S3. The number of likely N-dealkylation sites (tertiary alicyclic amines) is 1. The van der Waals surface area contributed by atoms with Crippen LogP contribution in [0.4, 0.5) is 5.69 Å². The Morgan fingerprint density at radius 3 is 2.69 bits per heavy atom. The van der Waals surface area contributed by atoms with Crippen molar-refractivity contribution in [1.29, 1.82) is 0 Å². The molecule has 0 saturated carbocycles. The summed E-state index contributed by atoms with van der Waals surface area (Å²) in [5.41, 5.74) is 2.56. The summed E-state index contributed by atoms with van der Waals surface area (Å²) in [4.78, 5) is 3.29. The first-order valence-corrected chi connectivity index (χ1v) is 12.4. The van der Waals surface area contributed by atoms with E-state index in [4.69, 9.17) is 0 Å². The maximum absolute atomic E-state index is 12.7. The molecule has 0 spiro atoms. The molecule has 1 aromatic carbocycles. The molecule has 0 radical (unpaired) electrons. The van der Waals surface area contributed by atoms with E-state index in [-0.39, 0.29) is 16.6 Å². The molecule has 3 aromatic rings. The molecule has 156 valence electrons. The van der Waals surface area contributed by atoms with Gasteiger partial charge in [0.05, 0.1) is 4.88 Å². The molecule has 10 heteroatoms. The number of benzene rings is 1. The SMILES string of the molecule is CCCN1CC[C@@H](c2ccc(NS(=O)(=O)c3ccc(-c4csnn4)s3)cc2)C1.Cl. The minimum absolute atomic E-state index is 0. The van der Waals surface area contributed by atoms with Crippen LogP contribution in [0.2, 0.25) is 0 Å². The second-order valence-corrected chi connectivity index (χ2v) is 10.5. The predicted octanol–water partition coefficient (Wildman–Crippen LogP) is 4.69. The van der Waals surface area contributed by atoms with Gasteiger partial charge in [-0.2, -0.15) is 0 Å². The lowest BCUT2D eigenvalue weighted by Crippen LogP contribution is -2.20. The summed E-state index contributed by atoms with van der Waals surface area (Å²) in [6.45, 7) is 5.58. The van der Waals surface area contributed by atoms with Crippen molar-refractivity contribution < 1.29 is 8.42 Å². The Morgan fingerprint density at radius 2 is 2.00 bits per heavy atom. The summed E-state index contributed by atoms with van der Waals surface area (Å²) in [7, 11) is -3.62. The van der Waals surface area contributed by atoms with Crippen LogP contribution < -0.4 is 4.72 Å². The normalized spacial score (nSPS) is 17.2. The van der Waals surface area contributed by atoms with E-state index in [2.05, 4.69) is 26.1 Å². The second-order valence-electron chi connectivity index (χ2n) is 6.92. The number of aromatic nitrogens is 2. The van der Waals surface area contributed by atoms with Crippen molar-refractivity contribution in [3.8, 4) is 10.6 Å². The molecule has 1 aliphatic rings. The van der Waals surface area contributed by atoms with E-state index in [0.29, 0.717) is 17.3 Å². The molecule has 0 unspecified atom stereocenters. The molecule has 2 aromatic heterocycles. The van der Waals surface area contributed by atoms with Gasteiger partial charge in [-0.3, -0.25) is 4.72 Å². The van der Waals surface area contributed by atoms with Gasteiger partial charge in [0.1, 0.15) is 9.90 Å². The van der Waals surface area contributed by atoms with Crippen LogP contribution in [0.3, 0.4) is 0 Å². The van der Waals surface area contributed by atoms with Crippen LogP contribution in [0.1, 0.15) is 31.2 Å². The lowest BCUT2D eigenvalue weighted by molar-refractivity contribution is 0.335. The van der Waals surface area contributed by atoms with Gasteiger partial charge in [-0.15, -0.1) is 28.8 Å². The number of hydrogen-bond acceptors (Lipinski definition) is 7. The van der Waals surface area contributed by atoms with Gasteiger partial charge >= 0.3 is 0 Å². The standard InChI is InChI=1S/C19H22N4O2S3.ClH/c1-2-10-23-11-9-15(12-23)14-3-5-16(6-4-14)21-28(24,25)19-8-7-18(27-19)17-13-26-22-20-17;/h3-8,13,15,21H,2,9-12H2,1H3;1H/t15-;/m1./s1. The zero-order valence-corrected chi connectivity index (χ0v) is 19.2. The van der Waals surface area contributed by atoms with Crippen molar-refractivity contribution in [3.63, 3.8) is 0 Å². The Kier molecular flexibility index (Phi) is 7.28. The van der Waals surface area contributed by atoms with Crippen LogP contribution in [-0.2, 0) is 10.0 Å². The third-order valence-corrected chi connectivity index (χ3v) is 8.39. The first-order valence-electron chi connectivity index (χ1n) is 9.27. The molecule has 29 heavy (non-hydrogen) atoms. The van der Waals surface area contributed by atoms with Gasteiger partial charge in [-0.1, -0.05) is 23.5 Å². The van der Waals surface area contributed by atoms with Gasteiger partial charge in [0.15, 0.2) is 0 Å². The number of sulfonamides is 1. The van der Waals surface area contributed by atoms with E-state index in [0.717, 1.165) is 30.9 Å². The predicted molar refractivity (Wildman–Crippen MR) is 122 cm³/mol. The molecule has 1 atom stereocenters. The minimum Gasteiger partial charge on any atom is -0.303 e. The van der Waals surface area contributed by atoms with Crippen molar-refractivity contribution in [3.05, 3.63) is 47.3 Å². The van der Waals surface area contributed by atoms with E-state index >= 15 is 0 Å². The number of nitrogens with zero attached hydrogens (tertiary/aromatic N) is 3. The second kappa shape index (κ2) is 9.53. The zero-order chi connectivity index (χ0) is 19.6. The highest BCUT2D eigenvalue weighted by atomic mass is 35.5. The minimum atomic E-state index is -3.62.